The highest BCUT2D eigenvalue weighted by atomic mass is 19.4. The van der Waals surface area contributed by atoms with Crippen LogP contribution in [0.1, 0.15) is 41.5 Å². The molecule has 118 valence electrons. The van der Waals surface area contributed by atoms with E-state index in [2.05, 4.69) is 9.47 Å². The molecule has 0 saturated heterocycles. The number of esters is 1. The van der Waals surface area contributed by atoms with Crippen LogP contribution < -0.4 is 5.32 Å². The van der Waals surface area contributed by atoms with Crippen molar-refractivity contribution in [2.24, 2.45) is 0 Å². The Morgan fingerprint density at radius 1 is 0.900 bits per heavy atom. The minimum atomic E-state index is -4.97. The van der Waals surface area contributed by atoms with E-state index >= 15 is 0 Å². The average molecular weight is 299 g/mol. The largest absolute Gasteiger partial charge is 0.458 e. The number of hydrogen-bond donors (Lipinski definition) is 1. The molecule has 0 spiro atoms. The molecule has 0 aromatic carbocycles. The summed E-state index contributed by atoms with van der Waals surface area (Å²) in [5, 5.41) is 1.48. The van der Waals surface area contributed by atoms with Crippen LogP contribution in [0, 0.1) is 0 Å². The van der Waals surface area contributed by atoms with Crippen LogP contribution in [0.25, 0.3) is 0 Å². The number of carbonyl (C=O) groups is 2. The van der Waals surface area contributed by atoms with Crippen LogP contribution in [-0.2, 0) is 14.3 Å². The van der Waals surface area contributed by atoms with Crippen molar-refractivity contribution in [1.82, 2.24) is 5.32 Å². The lowest BCUT2D eigenvalue weighted by Crippen LogP contribution is -2.53. The standard InChI is InChI=1S/C12H20F3NO4/c1-10(2,3)19-8(17)7(12(13,14)15)16-9(18)20-11(4,5)6/h7H,1-6H3,(H,16,18). The van der Waals surface area contributed by atoms with Gasteiger partial charge in [0.25, 0.3) is 0 Å². The minimum absolute atomic E-state index is 0.978. The van der Waals surface area contributed by atoms with Crippen LogP contribution in [0.3, 0.4) is 0 Å². The summed E-state index contributed by atoms with van der Waals surface area (Å²) < 4.78 is 47.6. The van der Waals surface area contributed by atoms with E-state index in [0.717, 1.165) is 0 Å². The van der Waals surface area contributed by atoms with Gasteiger partial charge >= 0.3 is 18.2 Å². The summed E-state index contributed by atoms with van der Waals surface area (Å²) >= 11 is 0. The third-order valence-electron chi connectivity index (χ3n) is 1.63. The van der Waals surface area contributed by atoms with Gasteiger partial charge in [0.2, 0.25) is 6.04 Å². The van der Waals surface area contributed by atoms with Gasteiger partial charge in [-0.15, -0.1) is 0 Å². The first-order chi connectivity index (χ1) is 8.62. The summed E-state index contributed by atoms with van der Waals surface area (Å²) in [6, 6.07) is -2.77. The SMILES string of the molecule is CC(C)(C)OC(=O)NC(C(=O)OC(C)(C)C)C(F)(F)F. The van der Waals surface area contributed by atoms with Crippen molar-refractivity contribution >= 4 is 12.1 Å². The Morgan fingerprint density at radius 3 is 1.60 bits per heavy atom. The third-order valence-corrected chi connectivity index (χ3v) is 1.63. The first-order valence-electron chi connectivity index (χ1n) is 5.91. The maximum atomic E-state index is 12.8. The van der Waals surface area contributed by atoms with E-state index in [4.69, 9.17) is 0 Å². The quantitative estimate of drug-likeness (QED) is 0.796. The van der Waals surface area contributed by atoms with Crippen molar-refractivity contribution in [3.05, 3.63) is 0 Å². The fourth-order valence-corrected chi connectivity index (χ4v) is 1.06. The normalized spacial score (nSPS) is 14.4. The zero-order valence-corrected chi connectivity index (χ0v) is 12.3. The topological polar surface area (TPSA) is 64.6 Å². The summed E-state index contributed by atoms with van der Waals surface area (Å²) in [5.41, 5.74) is -2.08. The van der Waals surface area contributed by atoms with E-state index in [9.17, 15) is 22.8 Å². The number of carbonyl (C=O) groups excluding carboxylic acids is 2. The van der Waals surface area contributed by atoms with Gasteiger partial charge in [0.15, 0.2) is 0 Å². The molecule has 0 radical (unpaired) electrons. The number of nitrogens with one attached hydrogen (secondary N) is 1. The van der Waals surface area contributed by atoms with Crippen molar-refractivity contribution in [2.75, 3.05) is 0 Å². The van der Waals surface area contributed by atoms with E-state index in [-0.39, 0.29) is 0 Å². The highest BCUT2D eigenvalue weighted by Crippen LogP contribution is 2.23. The highest BCUT2D eigenvalue weighted by Gasteiger charge is 2.48. The van der Waals surface area contributed by atoms with Crippen LogP contribution >= 0.6 is 0 Å². The second-order valence-corrected chi connectivity index (χ2v) is 6.15. The fourth-order valence-electron chi connectivity index (χ4n) is 1.06. The first kappa shape index (κ1) is 18.5. The van der Waals surface area contributed by atoms with E-state index in [1.165, 1.54) is 46.9 Å². The van der Waals surface area contributed by atoms with E-state index in [1.54, 1.807) is 0 Å². The Morgan fingerprint density at radius 2 is 1.30 bits per heavy atom. The van der Waals surface area contributed by atoms with Crippen molar-refractivity contribution in [2.45, 2.75) is 65.0 Å². The number of halogens is 3. The number of hydrogen-bond acceptors (Lipinski definition) is 4. The van der Waals surface area contributed by atoms with Gasteiger partial charge in [-0.1, -0.05) is 0 Å². The van der Waals surface area contributed by atoms with Gasteiger partial charge in [-0.2, -0.15) is 13.2 Å². The van der Waals surface area contributed by atoms with Crippen LogP contribution in [0.5, 0.6) is 0 Å². The molecule has 0 aliphatic carbocycles. The van der Waals surface area contributed by atoms with E-state index in [0.29, 0.717) is 0 Å². The molecule has 1 amide bonds. The van der Waals surface area contributed by atoms with E-state index < -0.39 is 35.5 Å². The lowest BCUT2D eigenvalue weighted by atomic mass is 10.2. The zero-order chi connectivity index (χ0) is 16.4. The van der Waals surface area contributed by atoms with Gasteiger partial charge in [0.1, 0.15) is 11.2 Å². The maximum Gasteiger partial charge on any atom is 0.419 e. The maximum absolute atomic E-state index is 12.8. The molecular formula is C12H20F3NO4. The summed E-state index contributed by atoms with van der Waals surface area (Å²) in [7, 11) is 0. The molecule has 1 N–H and O–H groups in total. The lowest BCUT2D eigenvalue weighted by molar-refractivity contribution is -0.191. The molecule has 0 heterocycles. The summed E-state index contributed by atoms with van der Waals surface area (Å²) in [5.74, 6) is -1.59. The monoisotopic (exact) mass is 299 g/mol. The van der Waals surface area contributed by atoms with Crippen LogP contribution in [0.2, 0.25) is 0 Å². The number of alkyl halides is 3. The predicted octanol–water partition coefficient (Wildman–Crippen LogP) is 2.78. The Bertz CT molecular complexity index is 366. The Labute approximate surface area is 115 Å². The molecule has 0 bridgehead atoms. The molecule has 0 aromatic rings. The van der Waals surface area contributed by atoms with Gasteiger partial charge in [-0.3, -0.25) is 5.32 Å². The van der Waals surface area contributed by atoms with Crippen molar-refractivity contribution in [3.8, 4) is 0 Å². The molecule has 0 rings (SSSR count). The Hall–Kier alpha value is -1.47. The number of ether oxygens (including phenoxy) is 2. The van der Waals surface area contributed by atoms with Crippen LogP contribution in [0.4, 0.5) is 18.0 Å². The van der Waals surface area contributed by atoms with Crippen molar-refractivity contribution in [3.63, 3.8) is 0 Å². The molecule has 8 heteroatoms. The van der Waals surface area contributed by atoms with Crippen molar-refractivity contribution < 1.29 is 32.2 Å². The van der Waals surface area contributed by atoms with Gasteiger partial charge in [-0.25, -0.2) is 9.59 Å². The molecule has 0 aliphatic heterocycles. The number of amides is 1. The molecular weight excluding hydrogens is 279 g/mol. The summed E-state index contributed by atoms with van der Waals surface area (Å²) in [6.07, 6.45) is -6.31. The molecule has 20 heavy (non-hydrogen) atoms. The van der Waals surface area contributed by atoms with Crippen LogP contribution in [-0.4, -0.2) is 35.5 Å². The second-order valence-electron chi connectivity index (χ2n) is 6.15. The smallest absolute Gasteiger partial charge is 0.419 e. The average Bonchev–Trinajstić information content (AvgIpc) is 2.05. The van der Waals surface area contributed by atoms with Gasteiger partial charge in [0.05, 0.1) is 0 Å². The summed E-state index contributed by atoms with van der Waals surface area (Å²) in [4.78, 5) is 22.8. The highest BCUT2D eigenvalue weighted by molar-refractivity contribution is 5.82. The minimum Gasteiger partial charge on any atom is -0.458 e. The first-order valence-corrected chi connectivity index (χ1v) is 5.91. The van der Waals surface area contributed by atoms with Crippen molar-refractivity contribution in [1.29, 1.82) is 0 Å². The molecule has 0 aromatic heterocycles. The third kappa shape index (κ3) is 7.85. The zero-order valence-electron chi connectivity index (χ0n) is 12.3. The summed E-state index contributed by atoms with van der Waals surface area (Å²) in [6.45, 7) is 8.73. The molecule has 5 nitrogen and oxygen atoms in total. The molecule has 0 saturated carbocycles. The second kappa shape index (κ2) is 5.88. The van der Waals surface area contributed by atoms with E-state index in [1.807, 2.05) is 0 Å². The molecule has 1 unspecified atom stereocenters. The molecule has 1 atom stereocenters. The molecule has 0 fully saturated rings. The van der Waals surface area contributed by atoms with Gasteiger partial charge in [0, 0.05) is 0 Å². The lowest BCUT2D eigenvalue weighted by Gasteiger charge is -2.27. The van der Waals surface area contributed by atoms with Gasteiger partial charge < -0.3 is 9.47 Å². The predicted molar refractivity (Wildman–Crippen MR) is 65.1 cm³/mol. The fraction of sp³-hybridized carbons (Fsp3) is 0.833. The number of alkyl carbamates (subject to hydrolysis) is 1. The number of rotatable bonds is 2. The van der Waals surface area contributed by atoms with Gasteiger partial charge in [-0.05, 0) is 41.5 Å². The molecule has 0 aliphatic rings. The Kier molecular flexibility index (Phi) is 5.45. The van der Waals surface area contributed by atoms with Crippen LogP contribution in [0.15, 0.2) is 0 Å². The Balaban J connectivity index is 4.93.